The first kappa shape index (κ1) is 22.6. The smallest absolute Gasteiger partial charge is 0.322 e. The SMILES string of the molecule is N#Cc1ccc(NC(=O)N2CC3CC2CN3C(=O)C[C@H](N)Cc2cc(F)c(F)cc2F)cc1. The van der Waals surface area contributed by atoms with Gasteiger partial charge < -0.3 is 20.9 Å². The van der Waals surface area contributed by atoms with Crippen LogP contribution in [0.25, 0.3) is 0 Å². The minimum atomic E-state index is -1.28. The molecular weight excluding hydrogens is 435 g/mol. The van der Waals surface area contributed by atoms with Gasteiger partial charge in [-0.2, -0.15) is 5.26 Å². The monoisotopic (exact) mass is 457 g/mol. The standard InChI is InChI=1S/C23H22F3N5O2/c24-19-9-21(26)20(25)6-14(19)5-15(28)7-22(32)30-11-18-8-17(30)12-31(18)23(33)29-16-3-1-13(10-27)2-4-16/h1-4,6,9,15,17-18H,5,7-8,11-12,28H2,(H,29,33)/t15-,17?,18?/m1/s1. The fourth-order valence-electron chi connectivity index (χ4n) is 4.46. The van der Waals surface area contributed by atoms with Crippen molar-refractivity contribution in [3.63, 3.8) is 0 Å². The summed E-state index contributed by atoms with van der Waals surface area (Å²) in [6, 6.07) is 8.47. The molecule has 2 heterocycles. The number of rotatable bonds is 5. The number of carbonyl (C=O) groups excluding carboxylic acids is 2. The lowest BCUT2D eigenvalue weighted by atomic mass is 10.0. The van der Waals surface area contributed by atoms with Crippen LogP contribution >= 0.6 is 0 Å². The van der Waals surface area contributed by atoms with Crippen molar-refractivity contribution in [3.8, 4) is 6.07 Å². The summed E-state index contributed by atoms with van der Waals surface area (Å²) in [5, 5.41) is 11.7. The molecule has 2 bridgehead atoms. The molecule has 2 aliphatic rings. The van der Waals surface area contributed by atoms with E-state index < -0.39 is 23.5 Å². The van der Waals surface area contributed by atoms with Crippen molar-refractivity contribution in [1.82, 2.24) is 9.80 Å². The van der Waals surface area contributed by atoms with Gasteiger partial charge in [0.05, 0.1) is 23.7 Å². The Labute approximate surface area is 188 Å². The van der Waals surface area contributed by atoms with E-state index >= 15 is 0 Å². The van der Waals surface area contributed by atoms with Crippen molar-refractivity contribution in [2.24, 2.45) is 5.73 Å². The fraction of sp³-hybridized carbons (Fsp3) is 0.348. The number of carbonyl (C=O) groups is 2. The molecule has 2 saturated heterocycles. The van der Waals surface area contributed by atoms with E-state index in [-0.39, 0.29) is 42.4 Å². The lowest BCUT2D eigenvalue weighted by Gasteiger charge is -2.34. The van der Waals surface area contributed by atoms with Crippen LogP contribution in [0.4, 0.5) is 23.7 Å². The average molecular weight is 457 g/mol. The van der Waals surface area contributed by atoms with Gasteiger partial charge in [0.1, 0.15) is 5.82 Å². The second kappa shape index (κ2) is 9.11. The highest BCUT2D eigenvalue weighted by molar-refractivity contribution is 5.90. The number of amides is 3. The Morgan fingerprint density at radius 2 is 1.70 bits per heavy atom. The molecule has 0 radical (unpaired) electrons. The van der Waals surface area contributed by atoms with Gasteiger partial charge in [-0.3, -0.25) is 4.79 Å². The van der Waals surface area contributed by atoms with E-state index in [0.29, 0.717) is 36.8 Å². The molecule has 7 nitrogen and oxygen atoms in total. The molecule has 2 aromatic carbocycles. The predicted molar refractivity (Wildman–Crippen MR) is 113 cm³/mol. The van der Waals surface area contributed by atoms with Crippen molar-refractivity contribution in [1.29, 1.82) is 5.26 Å². The van der Waals surface area contributed by atoms with Crippen LogP contribution in [0.1, 0.15) is 24.0 Å². The van der Waals surface area contributed by atoms with Gasteiger partial charge in [0.15, 0.2) is 11.6 Å². The Balaban J connectivity index is 1.30. The van der Waals surface area contributed by atoms with Crippen molar-refractivity contribution in [2.75, 3.05) is 18.4 Å². The number of nitrogens with two attached hydrogens (primary N) is 1. The maximum Gasteiger partial charge on any atom is 0.322 e. The van der Waals surface area contributed by atoms with E-state index in [4.69, 9.17) is 11.0 Å². The third kappa shape index (κ3) is 4.78. The molecule has 0 aromatic heterocycles. The third-order valence-corrected chi connectivity index (χ3v) is 6.10. The first-order chi connectivity index (χ1) is 15.7. The molecular formula is C23H22F3N5O2. The van der Waals surface area contributed by atoms with Crippen LogP contribution in [-0.2, 0) is 11.2 Å². The van der Waals surface area contributed by atoms with Gasteiger partial charge in [0.2, 0.25) is 5.91 Å². The summed E-state index contributed by atoms with van der Waals surface area (Å²) in [7, 11) is 0. The summed E-state index contributed by atoms with van der Waals surface area (Å²) in [4.78, 5) is 28.7. The average Bonchev–Trinajstić information content (AvgIpc) is 3.39. The number of anilines is 1. The first-order valence-corrected chi connectivity index (χ1v) is 10.5. The van der Waals surface area contributed by atoms with E-state index in [1.807, 2.05) is 6.07 Å². The number of halogens is 3. The molecule has 172 valence electrons. The molecule has 3 atom stereocenters. The highest BCUT2D eigenvalue weighted by Crippen LogP contribution is 2.32. The highest BCUT2D eigenvalue weighted by Gasteiger charge is 2.47. The molecule has 0 spiro atoms. The second-order valence-corrected chi connectivity index (χ2v) is 8.39. The number of nitrogens with zero attached hydrogens (tertiary/aromatic N) is 3. The minimum Gasteiger partial charge on any atom is -0.336 e. The number of benzene rings is 2. The van der Waals surface area contributed by atoms with Gasteiger partial charge in [-0.1, -0.05) is 0 Å². The Bertz CT molecular complexity index is 1120. The largest absolute Gasteiger partial charge is 0.336 e. The zero-order valence-electron chi connectivity index (χ0n) is 17.6. The van der Waals surface area contributed by atoms with Crippen LogP contribution < -0.4 is 11.1 Å². The molecule has 0 aliphatic carbocycles. The van der Waals surface area contributed by atoms with Gasteiger partial charge in [-0.25, -0.2) is 18.0 Å². The topological polar surface area (TPSA) is 102 Å². The number of fused-ring (bicyclic) bond motifs is 2. The van der Waals surface area contributed by atoms with Crippen LogP contribution in [0.15, 0.2) is 36.4 Å². The van der Waals surface area contributed by atoms with Crippen molar-refractivity contribution in [2.45, 2.75) is 37.4 Å². The van der Waals surface area contributed by atoms with Gasteiger partial charge in [0.25, 0.3) is 0 Å². The van der Waals surface area contributed by atoms with Crippen molar-refractivity contribution in [3.05, 3.63) is 65.0 Å². The number of urea groups is 1. The van der Waals surface area contributed by atoms with Crippen LogP contribution in [0.3, 0.4) is 0 Å². The molecule has 2 aliphatic heterocycles. The number of hydrogen-bond donors (Lipinski definition) is 2. The number of likely N-dealkylation sites (tertiary alicyclic amines) is 2. The highest BCUT2D eigenvalue weighted by atomic mass is 19.2. The van der Waals surface area contributed by atoms with Crippen molar-refractivity contribution >= 4 is 17.6 Å². The van der Waals surface area contributed by atoms with Gasteiger partial charge in [0, 0.05) is 37.3 Å². The summed E-state index contributed by atoms with van der Waals surface area (Å²) in [5.41, 5.74) is 6.97. The summed E-state index contributed by atoms with van der Waals surface area (Å²) in [6.45, 7) is 0.752. The summed E-state index contributed by atoms with van der Waals surface area (Å²) in [6.07, 6.45) is 0.481. The van der Waals surface area contributed by atoms with E-state index in [9.17, 15) is 22.8 Å². The number of nitriles is 1. The zero-order valence-corrected chi connectivity index (χ0v) is 17.6. The quantitative estimate of drug-likeness (QED) is 0.674. The molecule has 3 amide bonds. The maximum atomic E-state index is 13.8. The summed E-state index contributed by atoms with van der Waals surface area (Å²) in [5.74, 6) is -3.56. The van der Waals surface area contributed by atoms with Gasteiger partial charge in [-0.05, 0) is 48.7 Å². The van der Waals surface area contributed by atoms with Crippen LogP contribution in [0.5, 0.6) is 0 Å². The number of hydrogen-bond acceptors (Lipinski definition) is 4. The molecule has 3 N–H and O–H groups in total. The Morgan fingerprint density at radius 1 is 1.06 bits per heavy atom. The Hall–Kier alpha value is -3.58. The molecule has 2 fully saturated rings. The maximum absolute atomic E-state index is 13.8. The lowest BCUT2D eigenvalue weighted by molar-refractivity contribution is -0.133. The van der Waals surface area contributed by atoms with E-state index in [1.165, 1.54) is 0 Å². The molecule has 2 unspecified atom stereocenters. The molecule has 33 heavy (non-hydrogen) atoms. The lowest BCUT2D eigenvalue weighted by Crippen LogP contribution is -2.52. The zero-order chi connectivity index (χ0) is 23.7. The fourth-order valence-corrected chi connectivity index (χ4v) is 4.46. The molecule has 2 aromatic rings. The van der Waals surface area contributed by atoms with Gasteiger partial charge in [-0.15, -0.1) is 0 Å². The predicted octanol–water partition coefficient (Wildman–Crippen LogP) is 2.75. The van der Waals surface area contributed by atoms with Crippen molar-refractivity contribution < 1.29 is 22.8 Å². The summed E-state index contributed by atoms with van der Waals surface area (Å²) < 4.78 is 40.3. The van der Waals surface area contributed by atoms with Crippen LogP contribution in [-0.4, -0.2) is 53.0 Å². The van der Waals surface area contributed by atoms with E-state index in [1.54, 1.807) is 34.1 Å². The number of piperazine rings is 1. The van der Waals surface area contributed by atoms with Crippen LogP contribution in [0.2, 0.25) is 0 Å². The molecule has 10 heteroatoms. The normalized spacial score (nSPS) is 20.0. The Morgan fingerprint density at radius 3 is 2.33 bits per heavy atom. The van der Waals surface area contributed by atoms with Crippen LogP contribution in [0, 0.1) is 28.8 Å². The Kier molecular flexibility index (Phi) is 6.24. The summed E-state index contributed by atoms with van der Waals surface area (Å²) >= 11 is 0. The molecule has 4 rings (SSSR count). The third-order valence-electron chi connectivity index (χ3n) is 6.10. The van der Waals surface area contributed by atoms with E-state index in [2.05, 4.69) is 5.32 Å². The minimum absolute atomic E-state index is 0.0703. The number of nitrogens with one attached hydrogen (secondary N) is 1. The second-order valence-electron chi connectivity index (χ2n) is 8.39. The van der Waals surface area contributed by atoms with Gasteiger partial charge >= 0.3 is 6.03 Å². The molecule has 0 saturated carbocycles. The first-order valence-electron chi connectivity index (χ1n) is 10.5. The van der Waals surface area contributed by atoms with E-state index in [0.717, 1.165) is 6.07 Å².